The van der Waals surface area contributed by atoms with Crippen molar-refractivity contribution in [3.63, 3.8) is 0 Å². The van der Waals surface area contributed by atoms with Crippen molar-refractivity contribution >= 4 is 30.6 Å². The molecule has 5 nitrogen and oxygen atoms in total. The van der Waals surface area contributed by atoms with Gasteiger partial charge in [0.25, 0.3) is 0 Å². The minimum absolute atomic E-state index is 0.432. The van der Waals surface area contributed by atoms with Crippen LogP contribution in [0.4, 0.5) is 0 Å². The summed E-state index contributed by atoms with van der Waals surface area (Å²) in [5.74, 6) is 0. The number of rotatable bonds is 8. The van der Waals surface area contributed by atoms with Crippen molar-refractivity contribution in [2.75, 3.05) is 26.8 Å². The summed E-state index contributed by atoms with van der Waals surface area (Å²) in [6.45, 7) is -3.40. The van der Waals surface area contributed by atoms with Gasteiger partial charge in [-0.1, -0.05) is 0 Å². The summed E-state index contributed by atoms with van der Waals surface area (Å²) in [6.07, 6.45) is 0.432. The van der Waals surface area contributed by atoms with E-state index in [9.17, 15) is 14.4 Å². The van der Waals surface area contributed by atoms with Gasteiger partial charge in [-0.15, -0.1) is 0 Å². The second kappa shape index (κ2) is 8.49. The van der Waals surface area contributed by atoms with Crippen LogP contribution in [0.25, 0.3) is 0 Å². The van der Waals surface area contributed by atoms with E-state index in [1.807, 2.05) is 110 Å². The number of nitrogens with zero attached hydrogens (tertiary/aromatic N) is 1. The Kier molecular flexibility index (Phi) is 6.40. The zero-order valence-corrected chi connectivity index (χ0v) is 18.4. The van der Waals surface area contributed by atoms with Crippen LogP contribution in [0.5, 0.6) is 0 Å². The monoisotopic (exact) mass is 431 g/mol. The third kappa shape index (κ3) is 4.22. The predicted octanol–water partition coefficient (Wildman–Crippen LogP) is 3.10. The molecule has 2 N–H and O–H groups in total. The molecule has 3 aromatic carbocycles. The zero-order valence-electron chi connectivity index (χ0n) is 16.6. The van der Waals surface area contributed by atoms with Gasteiger partial charge < -0.3 is 0 Å². The van der Waals surface area contributed by atoms with E-state index < -0.39 is 14.7 Å². The molecule has 3 aromatic rings. The summed E-state index contributed by atoms with van der Waals surface area (Å²) in [7, 11) is -0.973. The summed E-state index contributed by atoms with van der Waals surface area (Å²) in [6, 6.07) is 28.6. The number of hydrogen-bond acceptors (Lipinski definition) is 3. The van der Waals surface area contributed by atoms with Crippen LogP contribution < -0.4 is 15.9 Å². The molecule has 7 heteroatoms. The van der Waals surface area contributed by atoms with Crippen molar-refractivity contribution in [3.05, 3.63) is 91.0 Å². The Balaban J connectivity index is 2.52. The van der Waals surface area contributed by atoms with Crippen molar-refractivity contribution in [1.82, 2.24) is 4.90 Å². The van der Waals surface area contributed by atoms with Gasteiger partial charge in [-0.25, -0.2) is 0 Å². The second-order valence-corrected chi connectivity index (χ2v) is 13.4. The van der Waals surface area contributed by atoms with E-state index >= 15 is 0 Å². The molecule has 0 aliphatic heterocycles. The van der Waals surface area contributed by atoms with Gasteiger partial charge in [0.05, 0.1) is 0 Å². The Hall–Kier alpha value is -1.84. The molecular weight excluding hydrogens is 404 g/mol. The van der Waals surface area contributed by atoms with Gasteiger partial charge in [-0.05, 0) is 0 Å². The minimum atomic E-state index is -4.87. The first-order chi connectivity index (χ1) is 13.8. The fourth-order valence-corrected chi connectivity index (χ4v) is 12.1. The molecular formula is C22H27NO4P2. The van der Waals surface area contributed by atoms with E-state index in [4.69, 9.17) is 4.31 Å². The molecule has 3 rings (SSSR count). The molecule has 0 unspecified atom stereocenters. The van der Waals surface area contributed by atoms with Gasteiger partial charge in [0.2, 0.25) is 0 Å². The normalized spacial score (nSPS) is 13.8. The van der Waals surface area contributed by atoms with Gasteiger partial charge in [0.1, 0.15) is 0 Å². The van der Waals surface area contributed by atoms with E-state index in [1.165, 1.54) is 0 Å². The first kappa shape index (κ1) is 21.9. The van der Waals surface area contributed by atoms with Gasteiger partial charge in [0, 0.05) is 0 Å². The predicted molar refractivity (Wildman–Crippen MR) is 122 cm³/mol. The molecule has 0 aliphatic rings. The maximum absolute atomic E-state index is 12.5. The van der Waals surface area contributed by atoms with Gasteiger partial charge in [0.15, 0.2) is 0 Å². The molecule has 154 valence electrons. The number of benzene rings is 3. The Morgan fingerprint density at radius 2 is 1.10 bits per heavy atom. The van der Waals surface area contributed by atoms with Crippen LogP contribution in [0.3, 0.4) is 0 Å². The molecule has 0 saturated heterocycles. The molecule has 0 saturated carbocycles. The quantitative estimate of drug-likeness (QED) is 0.537. The van der Waals surface area contributed by atoms with Crippen LogP contribution in [0, 0.1) is 0 Å². The molecule has 0 atom stereocenters. The summed E-state index contributed by atoms with van der Waals surface area (Å²) < 4.78 is 18.6. The molecule has 0 fully saturated rings. The van der Waals surface area contributed by atoms with Crippen LogP contribution in [-0.4, -0.2) is 41.5 Å². The van der Waals surface area contributed by atoms with Crippen LogP contribution in [0.2, 0.25) is 0 Å². The average Bonchev–Trinajstić information content (AvgIpc) is 2.72. The maximum atomic E-state index is 12.5. The molecule has 0 amide bonds. The summed E-state index contributed by atoms with van der Waals surface area (Å²) in [4.78, 5) is 22.4. The standard InChI is InChI=1S/C22H27NO4P2/c1-23(2)18-19-29(27-28(24,25)26,20-12-6-3-7-13-20,21-14-8-4-9-15-21)22-16-10-5-11-17-22/h3-17H,18-19H2,1-2H3,(H2,24,25,26). The van der Waals surface area contributed by atoms with Crippen molar-refractivity contribution in [1.29, 1.82) is 0 Å². The molecule has 29 heavy (non-hydrogen) atoms. The number of phosphoric acid groups is 1. The van der Waals surface area contributed by atoms with Crippen LogP contribution in [0.15, 0.2) is 91.0 Å². The zero-order chi connectivity index (χ0) is 21.0. The van der Waals surface area contributed by atoms with Gasteiger partial charge in [-0.3, -0.25) is 0 Å². The molecule has 0 aliphatic carbocycles. The van der Waals surface area contributed by atoms with E-state index in [0.29, 0.717) is 12.7 Å². The van der Waals surface area contributed by atoms with Crippen LogP contribution in [0.1, 0.15) is 0 Å². The summed E-state index contributed by atoms with van der Waals surface area (Å²) in [5.41, 5.74) is 0. The van der Waals surface area contributed by atoms with Crippen molar-refractivity contribution in [2.45, 2.75) is 0 Å². The Morgan fingerprint density at radius 3 is 1.38 bits per heavy atom. The van der Waals surface area contributed by atoms with Crippen molar-refractivity contribution in [2.24, 2.45) is 0 Å². The third-order valence-electron chi connectivity index (χ3n) is 5.17. The third-order valence-corrected chi connectivity index (χ3v) is 12.7. The Labute approximate surface area is 172 Å². The fourth-order valence-electron chi connectivity index (χ4n) is 3.87. The average molecular weight is 431 g/mol. The van der Waals surface area contributed by atoms with E-state index in [2.05, 4.69) is 0 Å². The SMILES string of the molecule is CN(C)CCP(OP(=O)(O)O)(c1ccccc1)(c1ccccc1)c1ccccc1. The molecule has 0 bridgehead atoms. The first-order valence-electron chi connectivity index (χ1n) is 9.38. The van der Waals surface area contributed by atoms with Crippen molar-refractivity contribution < 1.29 is 18.7 Å². The Bertz CT molecular complexity index is 876. The molecule has 0 aromatic heterocycles. The fraction of sp³-hybridized carbons (Fsp3) is 0.182. The van der Waals surface area contributed by atoms with E-state index in [0.717, 1.165) is 15.9 Å². The molecule has 0 radical (unpaired) electrons. The topological polar surface area (TPSA) is 70.0 Å². The summed E-state index contributed by atoms with van der Waals surface area (Å²) >= 11 is 0. The molecule has 0 heterocycles. The first-order valence-corrected chi connectivity index (χ1v) is 13.2. The van der Waals surface area contributed by atoms with Gasteiger partial charge in [-0.2, -0.15) is 0 Å². The van der Waals surface area contributed by atoms with Crippen LogP contribution in [-0.2, 0) is 8.88 Å². The second-order valence-electron chi connectivity index (χ2n) is 7.32. The van der Waals surface area contributed by atoms with E-state index in [1.54, 1.807) is 0 Å². The Morgan fingerprint density at radius 1 is 0.759 bits per heavy atom. The van der Waals surface area contributed by atoms with Crippen LogP contribution >= 0.6 is 14.7 Å². The van der Waals surface area contributed by atoms with Crippen molar-refractivity contribution in [3.8, 4) is 0 Å². The van der Waals surface area contributed by atoms with Gasteiger partial charge >= 0.3 is 172 Å². The summed E-state index contributed by atoms with van der Waals surface area (Å²) in [5, 5.41) is 2.38. The molecule has 0 spiro atoms. The van der Waals surface area contributed by atoms with E-state index in [-0.39, 0.29) is 0 Å². The number of hydrogen-bond donors (Lipinski definition) is 2.